The number of carbonyl (C=O) groups is 1. The number of likely N-dealkylation sites (N-methyl/N-ethyl adjacent to an activating group) is 1. The second kappa shape index (κ2) is 7.76. The number of fused-ring (bicyclic) bond motifs is 1. The van der Waals surface area contributed by atoms with Crippen LogP contribution in [0.3, 0.4) is 0 Å². The molecular formula is C20H24N3OS+. The summed E-state index contributed by atoms with van der Waals surface area (Å²) < 4.78 is 1.16. The molecule has 0 aliphatic heterocycles. The molecule has 130 valence electrons. The zero-order valence-corrected chi connectivity index (χ0v) is 15.7. The van der Waals surface area contributed by atoms with Gasteiger partial charge in [-0.15, -0.1) is 11.3 Å². The van der Waals surface area contributed by atoms with Gasteiger partial charge < -0.3 is 10.2 Å². The molecule has 0 unspecified atom stereocenters. The Labute approximate surface area is 152 Å². The molecule has 0 spiro atoms. The van der Waals surface area contributed by atoms with E-state index in [1.807, 2.05) is 50.4 Å². The molecule has 3 aromatic rings. The predicted molar refractivity (Wildman–Crippen MR) is 102 cm³/mol. The molecule has 0 aliphatic rings. The molecule has 2 N–H and O–H groups in total. The molecule has 25 heavy (non-hydrogen) atoms. The van der Waals surface area contributed by atoms with Crippen LogP contribution in [0.25, 0.3) is 10.2 Å². The van der Waals surface area contributed by atoms with Crippen LogP contribution in [0.4, 0.5) is 0 Å². The van der Waals surface area contributed by atoms with Crippen LogP contribution in [0.1, 0.15) is 36.5 Å². The van der Waals surface area contributed by atoms with Gasteiger partial charge in [0, 0.05) is 12.6 Å². The van der Waals surface area contributed by atoms with Gasteiger partial charge in [0.2, 0.25) is 0 Å². The number of aromatic nitrogens is 1. The van der Waals surface area contributed by atoms with Crippen molar-refractivity contribution in [3.8, 4) is 0 Å². The third-order valence-electron chi connectivity index (χ3n) is 4.61. The highest BCUT2D eigenvalue weighted by Crippen LogP contribution is 2.28. The smallest absolute Gasteiger partial charge is 0.278 e. The minimum atomic E-state index is -0.0228. The molecule has 1 amide bonds. The monoisotopic (exact) mass is 354 g/mol. The third-order valence-corrected chi connectivity index (χ3v) is 5.82. The van der Waals surface area contributed by atoms with Crippen molar-refractivity contribution in [2.45, 2.75) is 25.9 Å². The predicted octanol–water partition coefficient (Wildman–Crippen LogP) is 3.14. The Balaban J connectivity index is 1.61. The lowest BCUT2D eigenvalue weighted by molar-refractivity contribution is -0.683. The van der Waals surface area contributed by atoms with Gasteiger partial charge >= 0.3 is 0 Å². The number of rotatable bonds is 6. The molecule has 0 aliphatic carbocycles. The Morgan fingerprint density at radius 3 is 2.52 bits per heavy atom. The maximum absolute atomic E-state index is 12.6. The Hall–Kier alpha value is -2.24. The SMILES string of the molecule is C[C@@H]([NH2+]CC(=O)N(C)[C@@H](C)c1nc2ccccc2s1)c1ccccc1. The van der Waals surface area contributed by atoms with Crippen molar-refractivity contribution in [2.75, 3.05) is 13.6 Å². The van der Waals surface area contributed by atoms with Crippen molar-refractivity contribution < 1.29 is 10.1 Å². The van der Waals surface area contributed by atoms with Crippen molar-refractivity contribution in [3.63, 3.8) is 0 Å². The summed E-state index contributed by atoms with van der Waals surface area (Å²) in [6.07, 6.45) is 0. The Bertz CT molecular complexity index is 813. The van der Waals surface area contributed by atoms with Crippen LogP contribution in [0.5, 0.6) is 0 Å². The van der Waals surface area contributed by atoms with Gasteiger partial charge in [0.05, 0.1) is 16.3 Å². The van der Waals surface area contributed by atoms with Gasteiger partial charge in [0.1, 0.15) is 11.0 Å². The summed E-state index contributed by atoms with van der Waals surface area (Å²) in [5.41, 5.74) is 2.23. The lowest BCUT2D eigenvalue weighted by Crippen LogP contribution is -2.87. The number of thiazole rings is 1. The first-order chi connectivity index (χ1) is 12.1. The maximum Gasteiger partial charge on any atom is 0.278 e. The molecule has 3 rings (SSSR count). The van der Waals surface area contributed by atoms with Gasteiger partial charge in [-0.3, -0.25) is 4.79 Å². The van der Waals surface area contributed by atoms with Gasteiger partial charge in [-0.2, -0.15) is 0 Å². The summed E-state index contributed by atoms with van der Waals surface area (Å²) in [4.78, 5) is 19.1. The summed E-state index contributed by atoms with van der Waals surface area (Å²) >= 11 is 1.66. The fourth-order valence-electron chi connectivity index (χ4n) is 2.76. The average molecular weight is 354 g/mol. The summed E-state index contributed by atoms with van der Waals surface area (Å²) in [5.74, 6) is 0.120. The molecule has 1 aromatic heterocycles. The second-order valence-corrected chi connectivity index (χ2v) is 7.40. The Morgan fingerprint density at radius 1 is 1.12 bits per heavy atom. The molecule has 0 saturated heterocycles. The highest BCUT2D eigenvalue weighted by atomic mass is 32.1. The van der Waals surface area contributed by atoms with E-state index in [0.717, 1.165) is 15.2 Å². The van der Waals surface area contributed by atoms with E-state index in [9.17, 15) is 4.79 Å². The summed E-state index contributed by atoms with van der Waals surface area (Å²) in [5, 5.41) is 3.06. The fourth-order valence-corrected chi connectivity index (χ4v) is 3.83. The molecule has 0 bridgehead atoms. The van der Waals surface area contributed by atoms with Gasteiger partial charge in [0.15, 0.2) is 6.54 Å². The number of amides is 1. The number of nitrogens with zero attached hydrogens (tertiary/aromatic N) is 2. The van der Waals surface area contributed by atoms with Gasteiger partial charge in [-0.25, -0.2) is 4.98 Å². The number of para-hydroxylation sites is 1. The van der Waals surface area contributed by atoms with Crippen LogP contribution in [-0.4, -0.2) is 29.4 Å². The summed E-state index contributed by atoms with van der Waals surface area (Å²) in [6.45, 7) is 4.59. The zero-order valence-electron chi connectivity index (χ0n) is 14.8. The van der Waals surface area contributed by atoms with Gasteiger partial charge in [-0.05, 0) is 26.0 Å². The van der Waals surface area contributed by atoms with Crippen molar-refractivity contribution >= 4 is 27.5 Å². The quantitative estimate of drug-likeness (QED) is 0.739. The van der Waals surface area contributed by atoms with Gasteiger partial charge in [0.25, 0.3) is 5.91 Å². The molecule has 0 fully saturated rings. The van der Waals surface area contributed by atoms with E-state index in [1.54, 1.807) is 16.2 Å². The van der Waals surface area contributed by atoms with Crippen molar-refractivity contribution in [1.29, 1.82) is 0 Å². The highest BCUT2D eigenvalue weighted by Gasteiger charge is 2.22. The first kappa shape index (κ1) is 17.6. The molecule has 5 heteroatoms. The van der Waals surface area contributed by atoms with E-state index < -0.39 is 0 Å². The molecular weight excluding hydrogens is 330 g/mol. The third kappa shape index (κ3) is 4.06. The minimum Gasteiger partial charge on any atom is -0.333 e. The zero-order chi connectivity index (χ0) is 17.8. The number of hydrogen-bond acceptors (Lipinski definition) is 3. The topological polar surface area (TPSA) is 49.8 Å². The Morgan fingerprint density at radius 2 is 1.80 bits per heavy atom. The van der Waals surface area contributed by atoms with E-state index in [1.165, 1.54) is 5.56 Å². The molecule has 2 aromatic carbocycles. The standard InChI is InChI=1S/C20H23N3OS/c1-14(16-9-5-4-6-10-16)21-13-19(24)23(3)15(2)20-22-17-11-7-8-12-18(17)25-20/h4-12,14-15,21H,13H2,1-3H3/p+1/t14-,15+/m1/s1. The second-order valence-electron chi connectivity index (χ2n) is 6.34. The largest absolute Gasteiger partial charge is 0.333 e. The van der Waals surface area contributed by atoms with Crippen molar-refractivity contribution in [1.82, 2.24) is 9.88 Å². The van der Waals surface area contributed by atoms with E-state index in [-0.39, 0.29) is 18.0 Å². The number of benzene rings is 2. The van der Waals surface area contributed by atoms with Crippen molar-refractivity contribution in [3.05, 3.63) is 65.2 Å². The molecule has 0 radical (unpaired) electrons. The van der Waals surface area contributed by atoms with E-state index in [4.69, 9.17) is 0 Å². The molecule has 2 atom stereocenters. The maximum atomic E-state index is 12.6. The van der Waals surface area contributed by atoms with Crippen LogP contribution in [-0.2, 0) is 4.79 Å². The van der Waals surface area contributed by atoms with Crippen LogP contribution in [0, 0.1) is 0 Å². The number of hydrogen-bond donors (Lipinski definition) is 1. The number of nitrogens with two attached hydrogens (primary N) is 1. The van der Waals surface area contributed by atoms with E-state index >= 15 is 0 Å². The summed E-state index contributed by atoms with van der Waals surface area (Å²) in [7, 11) is 1.86. The highest BCUT2D eigenvalue weighted by molar-refractivity contribution is 7.18. The van der Waals surface area contributed by atoms with Crippen LogP contribution in [0.2, 0.25) is 0 Å². The minimum absolute atomic E-state index is 0.0228. The van der Waals surface area contributed by atoms with Gasteiger partial charge in [-0.1, -0.05) is 42.5 Å². The lowest BCUT2D eigenvalue weighted by Gasteiger charge is -2.23. The van der Waals surface area contributed by atoms with Crippen LogP contribution >= 0.6 is 11.3 Å². The lowest BCUT2D eigenvalue weighted by atomic mass is 10.1. The van der Waals surface area contributed by atoms with Crippen LogP contribution in [0.15, 0.2) is 54.6 Å². The van der Waals surface area contributed by atoms with Crippen LogP contribution < -0.4 is 5.32 Å². The molecule has 4 nitrogen and oxygen atoms in total. The van der Waals surface area contributed by atoms with E-state index in [2.05, 4.69) is 35.4 Å². The first-order valence-corrected chi connectivity index (χ1v) is 9.37. The molecule has 1 heterocycles. The summed E-state index contributed by atoms with van der Waals surface area (Å²) in [6, 6.07) is 18.6. The van der Waals surface area contributed by atoms with Crippen molar-refractivity contribution in [2.24, 2.45) is 0 Å². The fraction of sp³-hybridized carbons (Fsp3) is 0.300. The normalized spacial score (nSPS) is 13.6. The average Bonchev–Trinajstić information content (AvgIpc) is 3.09. The van der Waals surface area contributed by atoms with E-state index in [0.29, 0.717) is 6.54 Å². The molecule has 0 saturated carbocycles. The number of carbonyl (C=O) groups excluding carboxylic acids is 1. The Kier molecular flexibility index (Phi) is 5.46. The first-order valence-electron chi connectivity index (χ1n) is 8.55. The number of quaternary nitrogens is 1.